The van der Waals surface area contributed by atoms with Crippen LogP contribution in [0.3, 0.4) is 0 Å². The zero-order valence-electron chi connectivity index (χ0n) is 14.6. The van der Waals surface area contributed by atoms with Crippen LogP contribution in [0, 0.1) is 12.8 Å². The molecule has 6 nitrogen and oxygen atoms in total. The predicted molar refractivity (Wildman–Crippen MR) is 103 cm³/mol. The number of thiophene rings is 1. The molecule has 2 N–H and O–H groups in total. The number of hydrogen-bond donors (Lipinski definition) is 2. The van der Waals surface area contributed by atoms with Gasteiger partial charge < -0.3 is 20.1 Å². The van der Waals surface area contributed by atoms with Crippen LogP contribution in [0.15, 0.2) is 18.2 Å². The van der Waals surface area contributed by atoms with Gasteiger partial charge in [0.2, 0.25) is 5.91 Å². The van der Waals surface area contributed by atoms with Gasteiger partial charge in [0.25, 0.3) is 5.91 Å². The molecule has 3 rings (SSSR count). The highest BCUT2D eigenvalue weighted by molar-refractivity contribution is 7.18. The third-order valence-corrected chi connectivity index (χ3v) is 5.49. The number of rotatable bonds is 6. The van der Waals surface area contributed by atoms with Crippen LogP contribution in [0.4, 0.5) is 10.7 Å². The van der Waals surface area contributed by atoms with Crippen molar-refractivity contribution in [1.82, 2.24) is 0 Å². The van der Waals surface area contributed by atoms with Crippen LogP contribution in [0.2, 0.25) is 5.02 Å². The lowest BCUT2D eigenvalue weighted by molar-refractivity contribution is -0.117. The zero-order chi connectivity index (χ0) is 18.8. The van der Waals surface area contributed by atoms with Crippen molar-refractivity contribution in [2.24, 2.45) is 5.92 Å². The fourth-order valence-electron chi connectivity index (χ4n) is 2.48. The average Bonchev–Trinajstić information content (AvgIpc) is 3.39. The van der Waals surface area contributed by atoms with E-state index in [0.29, 0.717) is 32.1 Å². The van der Waals surface area contributed by atoms with Crippen molar-refractivity contribution >= 4 is 45.4 Å². The lowest BCUT2D eigenvalue weighted by Gasteiger charge is -2.13. The molecule has 0 atom stereocenters. The minimum atomic E-state index is -0.290. The Balaban J connectivity index is 1.79. The molecule has 1 aromatic heterocycles. The van der Waals surface area contributed by atoms with Gasteiger partial charge in [-0.05, 0) is 31.4 Å². The molecule has 2 amide bonds. The average molecular weight is 395 g/mol. The summed E-state index contributed by atoms with van der Waals surface area (Å²) in [7, 11) is 2.99. The number of carbonyl (C=O) groups excluding carboxylic acids is 2. The molecular weight excluding hydrogens is 376 g/mol. The number of benzene rings is 1. The van der Waals surface area contributed by atoms with Gasteiger partial charge in [-0.3, -0.25) is 9.59 Å². The van der Waals surface area contributed by atoms with Crippen molar-refractivity contribution in [3.05, 3.63) is 33.7 Å². The Kier molecular flexibility index (Phi) is 5.38. The number of amides is 2. The standard InChI is InChI=1S/C18H19ClN2O4S/c1-9-6-15(21-17(22)10-4-5-10)26-16(9)18(23)20-12-8-13(24-2)11(19)7-14(12)25-3/h6-8,10H,4-5H2,1-3H3,(H,20,23)(H,21,22). The van der Waals surface area contributed by atoms with Crippen molar-refractivity contribution in [3.8, 4) is 11.5 Å². The van der Waals surface area contributed by atoms with Crippen molar-refractivity contribution in [2.75, 3.05) is 24.9 Å². The van der Waals surface area contributed by atoms with Gasteiger partial charge in [0.05, 0.1) is 34.8 Å². The quantitative estimate of drug-likeness (QED) is 0.764. The first-order valence-corrected chi connectivity index (χ1v) is 9.26. The molecule has 138 valence electrons. The molecule has 1 aliphatic rings. The van der Waals surface area contributed by atoms with Gasteiger partial charge in [-0.2, -0.15) is 0 Å². The normalized spacial score (nSPS) is 13.2. The SMILES string of the molecule is COc1cc(NC(=O)c2sc(NC(=O)C3CC3)cc2C)c(OC)cc1Cl. The lowest BCUT2D eigenvalue weighted by atomic mass is 10.2. The fourth-order valence-corrected chi connectivity index (χ4v) is 3.68. The molecule has 1 saturated carbocycles. The Morgan fingerprint density at radius 1 is 1.12 bits per heavy atom. The molecule has 0 spiro atoms. The number of aryl methyl sites for hydroxylation is 1. The number of hydrogen-bond acceptors (Lipinski definition) is 5. The van der Waals surface area contributed by atoms with Crippen molar-refractivity contribution < 1.29 is 19.1 Å². The molecule has 0 unspecified atom stereocenters. The highest BCUT2D eigenvalue weighted by Crippen LogP contribution is 2.37. The van der Waals surface area contributed by atoms with E-state index in [1.807, 2.05) is 6.92 Å². The summed E-state index contributed by atoms with van der Waals surface area (Å²) in [6, 6.07) is 5.00. The van der Waals surface area contributed by atoms with Gasteiger partial charge in [-0.25, -0.2) is 0 Å². The molecule has 8 heteroatoms. The van der Waals surface area contributed by atoms with E-state index in [-0.39, 0.29) is 17.7 Å². The number of ether oxygens (including phenoxy) is 2. The Morgan fingerprint density at radius 3 is 2.42 bits per heavy atom. The molecule has 0 bridgehead atoms. The summed E-state index contributed by atoms with van der Waals surface area (Å²) in [5, 5.41) is 6.75. The first-order valence-electron chi connectivity index (χ1n) is 8.07. The largest absolute Gasteiger partial charge is 0.495 e. The van der Waals surface area contributed by atoms with Gasteiger partial charge in [-0.15, -0.1) is 11.3 Å². The van der Waals surface area contributed by atoms with E-state index in [0.717, 1.165) is 18.4 Å². The van der Waals surface area contributed by atoms with Crippen molar-refractivity contribution in [2.45, 2.75) is 19.8 Å². The molecule has 1 aliphatic carbocycles. The van der Waals surface area contributed by atoms with Gasteiger partial charge in [0.15, 0.2) is 0 Å². The molecule has 1 heterocycles. The van der Waals surface area contributed by atoms with E-state index in [9.17, 15) is 9.59 Å². The first-order chi connectivity index (χ1) is 12.4. The van der Waals surface area contributed by atoms with E-state index in [1.165, 1.54) is 25.6 Å². The minimum absolute atomic E-state index is 0.0160. The summed E-state index contributed by atoms with van der Waals surface area (Å²) in [5.74, 6) is 0.702. The smallest absolute Gasteiger partial charge is 0.266 e. The number of halogens is 1. The Bertz CT molecular complexity index is 861. The molecule has 26 heavy (non-hydrogen) atoms. The molecule has 0 saturated heterocycles. The molecular formula is C18H19ClN2O4S. The van der Waals surface area contributed by atoms with Crippen LogP contribution in [0.1, 0.15) is 28.1 Å². The number of nitrogens with one attached hydrogen (secondary N) is 2. The second kappa shape index (κ2) is 7.55. The molecule has 1 fully saturated rings. The van der Waals surface area contributed by atoms with Crippen LogP contribution in [-0.4, -0.2) is 26.0 Å². The maximum absolute atomic E-state index is 12.7. The molecule has 1 aromatic carbocycles. The number of methoxy groups -OCH3 is 2. The second-order valence-electron chi connectivity index (χ2n) is 6.03. The summed E-state index contributed by atoms with van der Waals surface area (Å²) in [4.78, 5) is 25.1. The van der Waals surface area contributed by atoms with Crippen molar-refractivity contribution in [1.29, 1.82) is 0 Å². The highest BCUT2D eigenvalue weighted by atomic mass is 35.5. The molecule has 0 aliphatic heterocycles. The van der Waals surface area contributed by atoms with E-state index in [1.54, 1.807) is 18.2 Å². The maximum atomic E-state index is 12.7. The minimum Gasteiger partial charge on any atom is -0.495 e. The van der Waals surface area contributed by atoms with Gasteiger partial charge in [0.1, 0.15) is 11.5 Å². The third-order valence-electron chi connectivity index (χ3n) is 4.04. The van der Waals surface area contributed by atoms with Gasteiger partial charge in [0, 0.05) is 18.1 Å². The molecule has 2 aromatic rings. The summed E-state index contributed by atoms with van der Waals surface area (Å²) >= 11 is 7.33. The topological polar surface area (TPSA) is 76.7 Å². The van der Waals surface area contributed by atoms with E-state index in [2.05, 4.69) is 10.6 Å². The lowest BCUT2D eigenvalue weighted by Crippen LogP contribution is -2.13. The second-order valence-corrected chi connectivity index (χ2v) is 7.49. The summed E-state index contributed by atoms with van der Waals surface area (Å²) in [6.07, 6.45) is 1.86. The number of carbonyl (C=O) groups is 2. The van der Waals surface area contributed by atoms with Crippen LogP contribution in [-0.2, 0) is 4.79 Å². The Labute approximate surface area is 160 Å². The first kappa shape index (κ1) is 18.5. The highest BCUT2D eigenvalue weighted by Gasteiger charge is 2.30. The van der Waals surface area contributed by atoms with Crippen LogP contribution >= 0.6 is 22.9 Å². The summed E-state index contributed by atoms with van der Waals surface area (Å²) in [5.41, 5.74) is 1.24. The fraction of sp³-hybridized carbons (Fsp3) is 0.333. The molecule has 0 radical (unpaired) electrons. The summed E-state index contributed by atoms with van der Waals surface area (Å²) in [6.45, 7) is 1.83. The summed E-state index contributed by atoms with van der Waals surface area (Å²) < 4.78 is 10.5. The Hall–Kier alpha value is -2.25. The van der Waals surface area contributed by atoms with Gasteiger partial charge >= 0.3 is 0 Å². The van der Waals surface area contributed by atoms with Crippen LogP contribution in [0.5, 0.6) is 11.5 Å². The van der Waals surface area contributed by atoms with E-state index >= 15 is 0 Å². The third kappa shape index (κ3) is 3.94. The van der Waals surface area contributed by atoms with Crippen LogP contribution < -0.4 is 20.1 Å². The Morgan fingerprint density at radius 2 is 1.81 bits per heavy atom. The van der Waals surface area contributed by atoms with E-state index < -0.39 is 0 Å². The number of anilines is 2. The predicted octanol–water partition coefficient (Wildman–Crippen LogP) is 4.33. The van der Waals surface area contributed by atoms with Gasteiger partial charge in [-0.1, -0.05) is 11.6 Å². The maximum Gasteiger partial charge on any atom is 0.266 e. The van der Waals surface area contributed by atoms with Crippen molar-refractivity contribution in [3.63, 3.8) is 0 Å². The monoisotopic (exact) mass is 394 g/mol. The van der Waals surface area contributed by atoms with E-state index in [4.69, 9.17) is 21.1 Å². The zero-order valence-corrected chi connectivity index (χ0v) is 16.2. The van der Waals surface area contributed by atoms with Crippen LogP contribution in [0.25, 0.3) is 0 Å².